The number of nitrogen functional groups attached to an aromatic ring is 1. The lowest BCUT2D eigenvalue weighted by atomic mass is 10.1. The summed E-state index contributed by atoms with van der Waals surface area (Å²) in [6, 6.07) is 2.19. The molecular formula is C11H18N4OS. The summed E-state index contributed by atoms with van der Waals surface area (Å²) in [5.74, 6) is 1.39. The molecule has 94 valence electrons. The van der Waals surface area contributed by atoms with E-state index in [9.17, 15) is 4.79 Å². The molecule has 1 amide bonds. The van der Waals surface area contributed by atoms with E-state index in [1.54, 1.807) is 11.8 Å². The lowest BCUT2D eigenvalue weighted by Crippen LogP contribution is -2.40. The van der Waals surface area contributed by atoms with Gasteiger partial charge in [-0.3, -0.25) is 9.48 Å². The van der Waals surface area contributed by atoms with E-state index in [1.165, 1.54) is 0 Å². The third kappa shape index (κ3) is 2.94. The van der Waals surface area contributed by atoms with Gasteiger partial charge in [-0.25, -0.2) is 0 Å². The van der Waals surface area contributed by atoms with Crippen molar-refractivity contribution in [2.45, 2.75) is 18.9 Å². The molecule has 1 saturated heterocycles. The van der Waals surface area contributed by atoms with Gasteiger partial charge < -0.3 is 10.6 Å². The molecule has 6 heteroatoms. The number of amides is 1. The van der Waals surface area contributed by atoms with E-state index in [1.807, 2.05) is 28.1 Å². The normalized spacial score (nSPS) is 17.4. The predicted molar refractivity (Wildman–Crippen MR) is 69.9 cm³/mol. The summed E-state index contributed by atoms with van der Waals surface area (Å²) in [5, 5.41) is 4.23. The standard InChI is InChI=1S/C11H18N4OS/c1-17-8-11(16)14-5-2-9(3-6-14)15-7-4-10(12)13-15/h4,7,9H,2-3,5-6,8H2,1H3,(H2,12,13). The summed E-state index contributed by atoms with van der Waals surface area (Å²) in [5.41, 5.74) is 5.60. The number of likely N-dealkylation sites (tertiary alicyclic amines) is 1. The van der Waals surface area contributed by atoms with Gasteiger partial charge in [0.1, 0.15) is 5.82 Å². The number of piperidine rings is 1. The minimum Gasteiger partial charge on any atom is -0.382 e. The number of aromatic nitrogens is 2. The topological polar surface area (TPSA) is 64.2 Å². The van der Waals surface area contributed by atoms with Crippen LogP contribution in [-0.4, -0.2) is 45.7 Å². The van der Waals surface area contributed by atoms with Gasteiger partial charge in [0, 0.05) is 19.3 Å². The quantitative estimate of drug-likeness (QED) is 0.873. The Labute approximate surface area is 105 Å². The molecule has 1 aromatic rings. The average Bonchev–Trinajstić information content (AvgIpc) is 2.76. The number of hydrogen-bond acceptors (Lipinski definition) is 4. The van der Waals surface area contributed by atoms with Crippen molar-refractivity contribution in [3.8, 4) is 0 Å². The van der Waals surface area contributed by atoms with Gasteiger partial charge in [0.15, 0.2) is 0 Å². The minimum absolute atomic E-state index is 0.246. The van der Waals surface area contributed by atoms with E-state index in [0.29, 0.717) is 17.6 Å². The van der Waals surface area contributed by atoms with Crippen LogP contribution in [0.15, 0.2) is 12.3 Å². The first-order valence-electron chi connectivity index (χ1n) is 5.78. The predicted octanol–water partition coefficient (Wildman–Crippen LogP) is 0.992. The number of carbonyl (C=O) groups excluding carboxylic acids is 1. The molecule has 1 aliphatic heterocycles. The van der Waals surface area contributed by atoms with Crippen LogP contribution in [-0.2, 0) is 4.79 Å². The monoisotopic (exact) mass is 254 g/mol. The Kier molecular flexibility index (Phi) is 3.93. The zero-order valence-corrected chi connectivity index (χ0v) is 10.8. The zero-order chi connectivity index (χ0) is 12.3. The molecule has 0 radical (unpaired) electrons. The van der Waals surface area contributed by atoms with Gasteiger partial charge in [-0.05, 0) is 25.2 Å². The van der Waals surface area contributed by atoms with E-state index in [2.05, 4.69) is 5.10 Å². The molecule has 2 heterocycles. The summed E-state index contributed by atoms with van der Waals surface area (Å²) < 4.78 is 1.92. The molecule has 0 aromatic carbocycles. The number of nitrogens with two attached hydrogens (primary N) is 1. The van der Waals surface area contributed by atoms with Crippen LogP contribution < -0.4 is 5.73 Å². The Bertz CT molecular complexity index is 385. The van der Waals surface area contributed by atoms with Gasteiger partial charge in [-0.15, -0.1) is 0 Å². The van der Waals surface area contributed by atoms with E-state index >= 15 is 0 Å². The number of thioether (sulfide) groups is 1. The fourth-order valence-corrected chi connectivity index (χ4v) is 2.58. The van der Waals surface area contributed by atoms with Gasteiger partial charge >= 0.3 is 0 Å². The molecule has 0 spiro atoms. The van der Waals surface area contributed by atoms with Gasteiger partial charge in [0.05, 0.1) is 11.8 Å². The first-order valence-corrected chi connectivity index (χ1v) is 7.17. The fraction of sp³-hybridized carbons (Fsp3) is 0.636. The van der Waals surface area contributed by atoms with E-state index in [-0.39, 0.29) is 5.91 Å². The van der Waals surface area contributed by atoms with Gasteiger partial charge in [-0.2, -0.15) is 16.9 Å². The Morgan fingerprint density at radius 1 is 1.59 bits per heavy atom. The molecular weight excluding hydrogens is 236 g/mol. The largest absolute Gasteiger partial charge is 0.382 e. The lowest BCUT2D eigenvalue weighted by molar-refractivity contribution is -0.129. The van der Waals surface area contributed by atoms with Crippen molar-refractivity contribution in [2.24, 2.45) is 0 Å². The SMILES string of the molecule is CSCC(=O)N1CCC(n2ccc(N)n2)CC1. The van der Waals surface area contributed by atoms with Crippen LogP contribution in [0, 0.1) is 0 Å². The summed E-state index contributed by atoms with van der Waals surface area (Å²) in [4.78, 5) is 13.7. The Balaban J connectivity index is 1.88. The van der Waals surface area contributed by atoms with E-state index in [4.69, 9.17) is 5.73 Å². The Morgan fingerprint density at radius 3 is 2.82 bits per heavy atom. The van der Waals surface area contributed by atoms with Crippen molar-refractivity contribution in [1.29, 1.82) is 0 Å². The first-order chi connectivity index (χ1) is 8.20. The zero-order valence-electron chi connectivity index (χ0n) is 10.0. The van der Waals surface area contributed by atoms with Crippen LogP contribution in [0.1, 0.15) is 18.9 Å². The molecule has 1 aliphatic rings. The van der Waals surface area contributed by atoms with Crippen LogP contribution in [0.3, 0.4) is 0 Å². The number of carbonyl (C=O) groups is 1. The second-order valence-corrected chi connectivity index (χ2v) is 5.13. The van der Waals surface area contributed by atoms with Crippen LogP contribution in [0.5, 0.6) is 0 Å². The molecule has 0 atom stereocenters. The highest BCUT2D eigenvalue weighted by Crippen LogP contribution is 2.22. The third-order valence-corrected chi connectivity index (χ3v) is 3.62. The molecule has 17 heavy (non-hydrogen) atoms. The highest BCUT2D eigenvalue weighted by atomic mass is 32.2. The second-order valence-electron chi connectivity index (χ2n) is 4.27. The molecule has 1 fully saturated rings. The van der Waals surface area contributed by atoms with Crippen molar-refractivity contribution >= 4 is 23.5 Å². The van der Waals surface area contributed by atoms with Crippen molar-refractivity contribution in [3.05, 3.63) is 12.3 Å². The van der Waals surface area contributed by atoms with E-state index < -0.39 is 0 Å². The Hall–Kier alpha value is -1.17. The molecule has 0 bridgehead atoms. The molecule has 0 aliphatic carbocycles. The van der Waals surface area contributed by atoms with Crippen LogP contribution in [0.2, 0.25) is 0 Å². The van der Waals surface area contributed by atoms with Gasteiger partial charge in [-0.1, -0.05) is 0 Å². The minimum atomic E-state index is 0.246. The third-order valence-electron chi connectivity index (χ3n) is 3.09. The lowest BCUT2D eigenvalue weighted by Gasteiger charge is -2.32. The molecule has 1 aromatic heterocycles. The molecule has 2 rings (SSSR count). The number of rotatable bonds is 3. The maximum atomic E-state index is 11.7. The van der Waals surface area contributed by atoms with Gasteiger partial charge in [0.25, 0.3) is 0 Å². The highest BCUT2D eigenvalue weighted by molar-refractivity contribution is 7.99. The second kappa shape index (κ2) is 5.44. The van der Waals surface area contributed by atoms with Crippen molar-refractivity contribution in [1.82, 2.24) is 14.7 Å². The highest BCUT2D eigenvalue weighted by Gasteiger charge is 2.23. The van der Waals surface area contributed by atoms with Crippen molar-refractivity contribution < 1.29 is 4.79 Å². The number of nitrogens with zero attached hydrogens (tertiary/aromatic N) is 3. The average molecular weight is 254 g/mol. The molecule has 0 saturated carbocycles. The molecule has 2 N–H and O–H groups in total. The summed E-state index contributed by atoms with van der Waals surface area (Å²) in [7, 11) is 0. The Morgan fingerprint density at radius 2 is 2.29 bits per heavy atom. The van der Waals surface area contributed by atoms with Crippen LogP contribution in [0.25, 0.3) is 0 Å². The smallest absolute Gasteiger partial charge is 0.232 e. The van der Waals surface area contributed by atoms with Crippen LogP contribution in [0.4, 0.5) is 5.82 Å². The van der Waals surface area contributed by atoms with Crippen LogP contribution >= 0.6 is 11.8 Å². The molecule has 0 unspecified atom stereocenters. The molecule has 5 nitrogen and oxygen atoms in total. The van der Waals surface area contributed by atoms with E-state index in [0.717, 1.165) is 25.9 Å². The van der Waals surface area contributed by atoms with Crippen molar-refractivity contribution in [3.63, 3.8) is 0 Å². The summed E-state index contributed by atoms with van der Waals surface area (Å²) in [6.45, 7) is 1.65. The fourth-order valence-electron chi connectivity index (χ4n) is 2.15. The maximum absolute atomic E-state index is 11.7. The summed E-state index contributed by atoms with van der Waals surface area (Å²) in [6.07, 6.45) is 5.79. The number of anilines is 1. The number of hydrogen-bond donors (Lipinski definition) is 1. The maximum Gasteiger partial charge on any atom is 0.232 e. The van der Waals surface area contributed by atoms with Crippen molar-refractivity contribution in [2.75, 3.05) is 30.8 Å². The summed E-state index contributed by atoms with van der Waals surface area (Å²) >= 11 is 1.58. The first kappa shape index (κ1) is 12.3. The van der Waals surface area contributed by atoms with Gasteiger partial charge in [0.2, 0.25) is 5.91 Å².